The van der Waals surface area contributed by atoms with Crippen LogP contribution in [0.2, 0.25) is 0 Å². The van der Waals surface area contributed by atoms with Gasteiger partial charge in [-0.1, -0.05) is 12.1 Å². The molecule has 19 heavy (non-hydrogen) atoms. The molecule has 0 atom stereocenters. The number of H-pyrrole nitrogens is 1. The molecule has 1 aromatic heterocycles. The van der Waals surface area contributed by atoms with Crippen LogP contribution in [0.5, 0.6) is 5.75 Å². The highest BCUT2D eigenvalue weighted by atomic mass is 16.3. The van der Waals surface area contributed by atoms with Crippen molar-refractivity contribution in [3.05, 3.63) is 36.0 Å². The zero-order valence-corrected chi connectivity index (χ0v) is 11.3. The van der Waals surface area contributed by atoms with E-state index in [0.717, 1.165) is 36.5 Å². The minimum absolute atomic E-state index is 0.269. The third kappa shape index (κ3) is 3.33. The summed E-state index contributed by atoms with van der Waals surface area (Å²) in [5, 5.41) is 20.1. The molecule has 0 aliphatic rings. The molecule has 1 aromatic carbocycles. The Labute approximate surface area is 113 Å². The van der Waals surface area contributed by atoms with Crippen molar-refractivity contribution in [3.8, 4) is 17.0 Å². The van der Waals surface area contributed by atoms with Gasteiger partial charge in [0, 0.05) is 30.8 Å². The van der Waals surface area contributed by atoms with E-state index in [0.29, 0.717) is 0 Å². The van der Waals surface area contributed by atoms with Crippen LogP contribution in [0.3, 0.4) is 0 Å². The molecule has 0 bridgehead atoms. The van der Waals surface area contributed by atoms with Gasteiger partial charge < -0.3 is 15.3 Å². The van der Waals surface area contributed by atoms with E-state index in [2.05, 4.69) is 27.5 Å². The number of nitrogens with one attached hydrogen (secondary N) is 2. The molecule has 0 saturated heterocycles. The number of aromatic hydroxyl groups is 1. The van der Waals surface area contributed by atoms with E-state index in [1.165, 1.54) is 0 Å². The number of rotatable bonds is 6. The molecule has 0 aliphatic carbocycles. The summed E-state index contributed by atoms with van der Waals surface area (Å²) in [5.41, 5.74) is 2.76. The van der Waals surface area contributed by atoms with Gasteiger partial charge in [-0.05, 0) is 26.2 Å². The first-order chi connectivity index (χ1) is 9.22. The summed E-state index contributed by atoms with van der Waals surface area (Å²) in [7, 11) is 4.01. The van der Waals surface area contributed by atoms with Gasteiger partial charge in [0.1, 0.15) is 5.75 Å². The largest absolute Gasteiger partial charge is 0.507 e. The Balaban J connectivity index is 2.16. The summed E-state index contributed by atoms with van der Waals surface area (Å²) in [6, 6.07) is 7.29. The highest BCUT2D eigenvalue weighted by Gasteiger charge is 2.12. The maximum atomic E-state index is 9.91. The monoisotopic (exact) mass is 260 g/mol. The number of likely N-dealkylation sites (N-methyl/N-ethyl adjacent to an activating group) is 2. The molecule has 0 unspecified atom stereocenters. The lowest BCUT2D eigenvalue weighted by Gasteiger charge is -2.16. The number of benzene rings is 1. The van der Waals surface area contributed by atoms with E-state index in [4.69, 9.17) is 0 Å². The highest BCUT2D eigenvalue weighted by Crippen LogP contribution is 2.29. The molecule has 5 nitrogen and oxygen atoms in total. The predicted molar refractivity (Wildman–Crippen MR) is 75.9 cm³/mol. The molecule has 0 radical (unpaired) electrons. The summed E-state index contributed by atoms with van der Waals surface area (Å²) in [6.45, 7) is 2.70. The number of hydrogen-bond donors (Lipinski definition) is 3. The quantitative estimate of drug-likeness (QED) is 0.735. The van der Waals surface area contributed by atoms with Gasteiger partial charge in [0.2, 0.25) is 0 Å². The van der Waals surface area contributed by atoms with Crippen molar-refractivity contribution in [1.82, 2.24) is 20.4 Å². The summed E-state index contributed by atoms with van der Waals surface area (Å²) < 4.78 is 0. The van der Waals surface area contributed by atoms with Crippen molar-refractivity contribution < 1.29 is 5.11 Å². The second kappa shape index (κ2) is 6.36. The molecule has 2 rings (SSSR count). The first-order valence-electron chi connectivity index (χ1n) is 6.36. The lowest BCUT2D eigenvalue weighted by molar-refractivity contribution is 0.328. The Kier molecular flexibility index (Phi) is 4.54. The first-order valence-corrected chi connectivity index (χ1v) is 6.36. The normalized spacial score (nSPS) is 11.1. The Morgan fingerprint density at radius 1 is 1.37 bits per heavy atom. The molecule has 5 heteroatoms. The van der Waals surface area contributed by atoms with Gasteiger partial charge >= 0.3 is 0 Å². The van der Waals surface area contributed by atoms with Gasteiger partial charge in [-0.15, -0.1) is 0 Å². The fourth-order valence-corrected chi connectivity index (χ4v) is 2.02. The van der Waals surface area contributed by atoms with Gasteiger partial charge in [0.05, 0.1) is 11.9 Å². The fraction of sp³-hybridized carbons (Fsp3) is 0.357. The smallest absolute Gasteiger partial charge is 0.124 e. The molecular weight excluding hydrogens is 240 g/mol. The van der Waals surface area contributed by atoms with Gasteiger partial charge in [0.25, 0.3) is 0 Å². The van der Waals surface area contributed by atoms with E-state index < -0.39 is 0 Å². The van der Waals surface area contributed by atoms with Crippen molar-refractivity contribution in [2.75, 3.05) is 27.2 Å². The number of phenolic OH excluding ortho intramolecular Hbond substituents is 1. The highest BCUT2D eigenvalue weighted by molar-refractivity contribution is 5.69. The molecule has 0 fully saturated rings. The number of hydrogen-bond acceptors (Lipinski definition) is 4. The molecule has 0 aliphatic heterocycles. The lowest BCUT2D eigenvalue weighted by atomic mass is 10.1. The molecule has 2 aromatic rings. The first kappa shape index (κ1) is 13.6. The second-order valence-corrected chi connectivity index (χ2v) is 4.63. The minimum atomic E-state index is 0.269. The number of nitrogens with zero attached hydrogens (tertiary/aromatic N) is 2. The van der Waals surface area contributed by atoms with Crippen molar-refractivity contribution >= 4 is 0 Å². The number of aromatic nitrogens is 2. The van der Waals surface area contributed by atoms with Crippen molar-refractivity contribution in [1.29, 1.82) is 0 Å². The summed E-state index contributed by atoms with van der Waals surface area (Å²) in [6.07, 6.45) is 1.82. The lowest BCUT2D eigenvalue weighted by Crippen LogP contribution is -2.26. The van der Waals surface area contributed by atoms with Crippen LogP contribution in [0, 0.1) is 0 Å². The Morgan fingerprint density at radius 3 is 2.89 bits per heavy atom. The number of aromatic amines is 1. The van der Waals surface area contributed by atoms with E-state index >= 15 is 0 Å². The molecule has 3 N–H and O–H groups in total. The van der Waals surface area contributed by atoms with E-state index in [-0.39, 0.29) is 5.75 Å². The van der Waals surface area contributed by atoms with Crippen LogP contribution >= 0.6 is 0 Å². The van der Waals surface area contributed by atoms with E-state index in [1.54, 1.807) is 6.07 Å². The topological polar surface area (TPSA) is 64.2 Å². The Bertz CT molecular complexity index is 524. The minimum Gasteiger partial charge on any atom is -0.507 e. The van der Waals surface area contributed by atoms with Crippen LogP contribution in [0.25, 0.3) is 11.3 Å². The van der Waals surface area contributed by atoms with Gasteiger partial charge in [0.15, 0.2) is 0 Å². The SMILES string of the molecule is CNCCN(C)Cc1cn[nH]c1-c1ccccc1O. The summed E-state index contributed by atoms with van der Waals surface area (Å²) >= 11 is 0. The van der Waals surface area contributed by atoms with Gasteiger partial charge in [-0.3, -0.25) is 5.10 Å². The van der Waals surface area contributed by atoms with Gasteiger partial charge in [-0.2, -0.15) is 5.10 Å². The van der Waals surface area contributed by atoms with Crippen molar-refractivity contribution in [2.24, 2.45) is 0 Å². The van der Waals surface area contributed by atoms with Crippen molar-refractivity contribution in [2.45, 2.75) is 6.54 Å². The average molecular weight is 260 g/mol. The van der Waals surface area contributed by atoms with Crippen LogP contribution in [-0.4, -0.2) is 47.4 Å². The Hall–Kier alpha value is -1.85. The predicted octanol–water partition coefficient (Wildman–Crippen LogP) is 1.43. The van der Waals surface area contributed by atoms with E-state index in [9.17, 15) is 5.11 Å². The standard InChI is InChI=1S/C14H20N4O/c1-15-7-8-18(2)10-11-9-16-17-14(11)12-5-3-4-6-13(12)19/h3-6,9,15,19H,7-8,10H2,1-2H3,(H,16,17). The van der Waals surface area contributed by atoms with Crippen molar-refractivity contribution in [3.63, 3.8) is 0 Å². The fourth-order valence-electron chi connectivity index (χ4n) is 2.02. The molecule has 0 amide bonds. The summed E-state index contributed by atoms with van der Waals surface area (Å²) in [5.74, 6) is 0.269. The maximum absolute atomic E-state index is 9.91. The van der Waals surface area contributed by atoms with Gasteiger partial charge in [-0.25, -0.2) is 0 Å². The van der Waals surface area contributed by atoms with Crippen LogP contribution in [0.4, 0.5) is 0 Å². The molecule has 0 spiro atoms. The summed E-state index contributed by atoms with van der Waals surface area (Å²) in [4.78, 5) is 2.21. The maximum Gasteiger partial charge on any atom is 0.124 e. The third-order valence-corrected chi connectivity index (χ3v) is 3.08. The van der Waals surface area contributed by atoms with Crippen LogP contribution in [-0.2, 0) is 6.54 Å². The average Bonchev–Trinajstić information content (AvgIpc) is 2.85. The zero-order chi connectivity index (χ0) is 13.7. The van der Waals surface area contributed by atoms with Crippen LogP contribution in [0.1, 0.15) is 5.56 Å². The number of phenols is 1. The third-order valence-electron chi connectivity index (χ3n) is 3.08. The zero-order valence-electron chi connectivity index (χ0n) is 11.3. The Morgan fingerprint density at radius 2 is 2.16 bits per heavy atom. The molecule has 102 valence electrons. The van der Waals surface area contributed by atoms with Crippen LogP contribution in [0.15, 0.2) is 30.5 Å². The number of para-hydroxylation sites is 1. The molecular formula is C14H20N4O. The van der Waals surface area contributed by atoms with E-state index in [1.807, 2.05) is 31.4 Å². The molecule has 1 heterocycles. The molecule has 0 saturated carbocycles. The second-order valence-electron chi connectivity index (χ2n) is 4.63. The van der Waals surface area contributed by atoms with Crippen LogP contribution < -0.4 is 5.32 Å².